The molecule has 1 aliphatic heterocycles. The highest BCUT2D eigenvalue weighted by Crippen LogP contribution is 2.28. The van der Waals surface area contributed by atoms with E-state index in [9.17, 15) is 53.7 Å². The minimum atomic E-state index is -1.61. The summed E-state index contributed by atoms with van der Waals surface area (Å²) in [6.45, 7) is -0.832. The van der Waals surface area contributed by atoms with Crippen molar-refractivity contribution in [3.8, 4) is 11.5 Å². The third-order valence-electron chi connectivity index (χ3n) is 10.9. The number of rotatable bonds is 32. The van der Waals surface area contributed by atoms with Gasteiger partial charge < -0.3 is 95.6 Å². The van der Waals surface area contributed by atoms with Gasteiger partial charge in [-0.15, -0.1) is 0 Å². The molecule has 0 saturated carbocycles. The molecule has 392 valence electrons. The Labute approximate surface area is 405 Å². The van der Waals surface area contributed by atoms with Crippen LogP contribution in [0.2, 0.25) is 0 Å². The van der Waals surface area contributed by atoms with Gasteiger partial charge in [0.2, 0.25) is 41.4 Å². The van der Waals surface area contributed by atoms with Crippen LogP contribution >= 0.6 is 0 Å². The number of aliphatic hydroxyl groups excluding tert-OH is 2. The Morgan fingerprint density at radius 3 is 2.11 bits per heavy atom. The van der Waals surface area contributed by atoms with Gasteiger partial charge in [-0.2, -0.15) is 0 Å². The van der Waals surface area contributed by atoms with Crippen molar-refractivity contribution >= 4 is 53.3 Å². The van der Waals surface area contributed by atoms with Crippen molar-refractivity contribution < 1.29 is 63.1 Å². The SMILES string of the molecule is COc1ccc(C[C@H](NC(=O)[C@@H]2CCCN2C(=O)[C@@H](CCCN)NC(=O)CNC(=O)[C@@H](NC(=O)C[C@@H](O)CN)[C@@H](O)CN)C(=O)N[C@@H](CCCCN)C(=O)N/C(=C\CCNC(=N)N)C(=O)O)cc1OC. The number of nitrogens with two attached hydrogens (primary N) is 5. The van der Waals surface area contributed by atoms with Gasteiger partial charge in [-0.05, 0) is 82.2 Å². The largest absolute Gasteiger partial charge is 0.493 e. The molecule has 1 fully saturated rings. The average Bonchev–Trinajstić information content (AvgIpc) is 3.84. The Hall–Kier alpha value is -6.65. The number of nitrogens with zero attached hydrogens (tertiary/aromatic N) is 1. The van der Waals surface area contributed by atoms with E-state index in [-0.39, 0.29) is 77.2 Å². The lowest BCUT2D eigenvalue weighted by Crippen LogP contribution is -2.59. The topological polar surface area (TPSA) is 457 Å². The van der Waals surface area contributed by atoms with Gasteiger partial charge in [-0.25, -0.2) is 4.79 Å². The van der Waals surface area contributed by atoms with Crippen LogP contribution in [-0.4, -0.2) is 176 Å². The van der Waals surface area contributed by atoms with Crippen LogP contribution in [0.1, 0.15) is 63.4 Å². The van der Waals surface area contributed by atoms with Crippen molar-refractivity contribution in [1.29, 1.82) is 5.41 Å². The van der Waals surface area contributed by atoms with Crippen LogP contribution in [0.4, 0.5) is 0 Å². The number of benzene rings is 1. The molecule has 21 N–H and O–H groups in total. The van der Waals surface area contributed by atoms with Gasteiger partial charge in [-0.3, -0.25) is 39.0 Å². The molecule has 0 bridgehead atoms. The van der Waals surface area contributed by atoms with Crippen molar-refractivity contribution in [1.82, 2.24) is 42.1 Å². The number of methoxy groups -OCH3 is 2. The lowest BCUT2D eigenvalue weighted by Gasteiger charge is -2.30. The predicted molar refractivity (Wildman–Crippen MR) is 253 cm³/mol. The van der Waals surface area contributed by atoms with Crippen molar-refractivity contribution in [3.63, 3.8) is 0 Å². The number of hydrogen-bond acceptors (Lipinski definition) is 17. The minimum absolute atomic E-state index is 0.0277. The first-order chi connectivity index (χ1) is 33.3. The van der Waals surface area contributed by atoms with E-state index in [2.05, 4.69) is 37.2 Å². The van der Waals surface area contributed by atoms with E-state index in [4.69, 9.17) is 43.6 Å². The summed E-state index contributed by atoms with van der Waals surface area (Å²) in [4.78, 5) is 108. The molecule has 1 aromatic rings. The van der Waals surface area contributed by atoms with E-state index in [1.54, 1.807) is 18.2 Å². The number of nitrogens with one attached hydrogen (secondary N) is 8. The summed E-state index contributed by atoms with van der Waals surface area (Å²) >= 11 is 0. The number of unbranched alkanes of at least 4 members (excludes halogenated alkanes) is 1. The summed E-state index contributed by atoms with van der Waals surface area (Å²) in [5.41, 5.74) is 27.6. The zero-order valence-corrected chi connectivity index (χ0v) is 39.6. The highest BCUT2D eigenvalue weighted by atomic mass is 16.5. The first kappa shape index (κ1) is 59.5. The fraction of sp³-hybridized carbons (Fsp3) is 0.605. The first-order valence-electron chi connectivity index (χ1n) is 22.8. The maximum atomic E-state index is 14.3. The van der Waals surface area contributed by atoms with Gasteiger partial charge in [0.25, 0.3) is 0 Å². The molecule has 27 nitrogen and oxygen atoms in total. The van der Waals surface area contributed by atoms with Gasteiger partial charge in [0.05, 0.1) is 39.4 Å². The third kappa shape index (κ3) is 20.1. The molecule has 0 spiro atoms. The highest BCUT2D eigenvalue weighted by molar-refractivity contribution is 5.98. The summed E-state index contributed by atoms with van der Waals surface area (Å²) in [7, 11) is 2.85. The van der Waals surface area contributed by atoms with Crippen LogP contribution in [0, 0.1) is 5.41 Å². The fourth-order valence-corrected chi connectivity index (χ4v) is 7.20. The highest BCUT2D eigenvalue weighted by Gasteiger charge is 2.39. The standard InChI is InChI=1S/C43H72N14O13/c1-69-32-13-12-24(19-33(32)70-2)18-29(38(63)53-26(8-3-4-14-44)37(62)54-28(42(67)68)10-6-16-50-43(48)49)55-39(64)30-11-7-17-57(30)41(66)27(9-5-15-45)52-35(61)23-51-40(65)36(31(59)22-47)56-34(60)20-25(58)21-46/h10,12-13,19,25-27,29-31,36,58-59H,3-9,11,14-18,20-23,44-47H2,1-2H3,(H,51,65)(H,52,61)(H,53,63)(H,54,62)(H,55,64)(H,56,60)(H,67,68)(H4,48,49,50)/b28-10-/t25-,26+,27-,29+,30+,31+,36+/m1/s1. The molecule has 0 aliphatic carbocycles. The number of amides is 7. The zero-order chi connectivity index (χ0) is 52.3. The molecule has 0 radical (unpaired) electrons. The summed E-state index contributed by atoms with van der Waals surface area (Å²) < 4.78 is 10.8. The van der Waals surface area contributed by atoms with Crippen molar-refractivity contribution in [2.75, 3.05) is 60.0 Å². The van der Waals surface area contributed by atoms with Crippen LogP contribution < -0.4 is 75.4 Å². The zero-order valence-electron chi connectivity index (χ0n) is 39.6. The second kappa shape index (κ2) is 31.5. The van der Waals surface area contributed by atoms with Crippen molar-refractivity contribution in [2.45, 2.75) is 107 Å². The van der Waals surface area contributed by atoms with Crippen LogP contribution in [0.25, 0.3) is 0 Å². The van der Waals surface area contributed by atoms with E-state index in [1.807, 2.05) is 0 Å². The minimum Gasteiger partial charge on any atom is -0.493 e. The first-order valence-corrected chi connectivity index (χ1v) is 22.8. The van der Waals surface area contributed by atoms with Gasteiger partial charge in [0.15, 0.2) is 17.5 Å². The number of carbonyl (C=O) groups excluding carboxylic acids is 7. The van der Waals surface area contributed by atoms with Gasteiger partial charge in [0.1, 0.15) is 35.9 Å². The number of aliphatic carboxylic acids is 1. The number of carboxylic acid groups (broad SMARTS) is 1. The molecular formula is C43H72N14O13. The smallest absolute Gasteiger partial charge is 0.352 e. The lowest BCUT2D eigenvalue weighted by molar-refractivity contribution is -0.142. The predicted octanol–water partition coefficient (Wildman–Crippen LogP) is -5.85. The molecule has 7 atom stereocenters. The van der Waals surface area contributed by atoms with Crippen molar-refractivity contribution in [2.24, 2.45) is 28.7 Å². The molecule has 70 heavy (non-hydrogen) atoms. The monoisotopic (exact) mass is 993 g/mol. The Morgan fingerprint density at radius 1 is 0.814 bits per heavy atom. The Balaban J connectivity index is 2.39. The van der Waals surface area contributed by atoms with E-state index in [0.29, 0.717) is 36.3 Å². The van der Waals surface area contributed by atoms with Gasteiger partial charge in [0, 0.05) is 32.6 Å². The van der Waals surface area contributed by atoms with Crippen LogP contribution in [0.15, 0.2) is 30.0 Å². The lowest BCUT2D eigenvalue weighted by atomic mass is 10.0. The number of aliphatic hydroxyl groups is 2. The Kier molecular flexibility index (Phi) is 26.7. The Bertz CT molecular complexity index is 1980. The summed E-state index contributed by atoms with van der Waals surface area (Å²) in [6.07, 6.45) is -0.509. The number of guanidine groups is 1. The normalized spacial score (nSPS) is 16.0. The third-order valence-corrected chi connectivity index (χ3v) is 10.9. The van der Waals surface area contributed by atoms with Crippen LogP contribution in [0.5, 0.6) is 11.5 Å². The quantitative estimate of drug-likeness (QED) is 0.0138. The fourth-order valence-electron chi connectivity index (χ4n) is 7.20. The van der Waals surface area contributed by atoms with Crippen LogP contribution in [-0.2, 0) is 44.8 Å². The summed E-state index contributed by atoms with van der Waals surface area (Å²) in [5.74, 6) is -6.87. The average molecular weight is 993 g/mol. The number of carbonyl (C=O) groups is 8. The molecule has 0 unspecified atom stereocenters. The second-order valence-electron chi connectivity index (χ2n) is 16.2. The maximum absolute atomic E-state index is 14.3. The van der Waals surface area contributed by atoms with E-state index in [1.165, 1.54) is 25.2 Å². The number of ether oxygens (including phenoxy) is 2. The molecule has 1 aromatic carbocycles. The molecule has 7 amide bonds. The van der Waals surface area contributed by atoms with Crippen molar-refractivity contribution in [3.05, 3.63) is 35.5 Å². The van der Waals surface area contributed by atoms with Gasteiger partial charge in [-0.1, -0.05) is 12.1 Å². The molecular weight excluding hydrogens is 921 g/mol. The molecule has 1 heterocycles. The number of hydrogen-bond donors (Lipinski definition) is 16. The maximum Gasteiger partial charge on any atom is 0.352 e. The summed E-state index contributed by atoms with van der Waals surface area (Å²) in [6, 6.07) is -1.88. The molecule has 0 aromatic heterocycles. The number of carboxylic acids is 1. The molecule has 1 aliphatic rings. The Morgan fingerprint density at radius 2 is 1.50 bits per heavy atom. The van der Waals surface area contributed by atoms with E-state index < -0.39 is 115 Å². The van der Waals surface area contributed by atoms with Gasteiger partial charge >= 0.3 is 5.97 Å². The summed E-state index contributed by atoms with van der Waals surface area (Å²) in [5, 5.41) is 54.5. The van der Waals surface area contributed by atoms with Crippen LogP contribution in [0.3, 0.4) is 0 Å². The van der Waals surface area contributed by atoms with E-state index >= 15 is 0 Å². The molecule has 27 heteroatoms. The number of likely N-dealkylation sites (tertiary alicyclic amines) is 1. The molecule has 1 saturated heterocycles. The second-order valence-corrected chi connectivity index (χ2v) is 16.2. The van der Waals surface area contributed by atoms with E-state index in [0.717, 1.165) is 0 Å². The molecule has 2 rings (SSSR count).